The van der Waals surface area contributed by atoms with E-state index in [1.807, 2.05) is 6.07 Å². The second-order valence-corrected chi connectivity index (χ2v) is 4.32. The molecule has 0 saturated carbocycles. The lowest BCUT2D eigenvalue weighted by molar-refractivity contribution is 0.0601. The fourth-order valence-electron chi connectivity index (χ4n) is 1.62. The van der Waals surface area contributed by atoms with E-state index in [0.29, 0.717) is 28.6 Å². The number of nitriles is 1. The molecule has 0 aliphatic rings. The van der Waals surface area contributed by atoms with E-state index < -0.39 is 5.97 Å². The van der Waals surface area contributed by atoms with Crippen LogP contribution in [0.15, 0.2) is 34.7 Å². The lowest BCUT2D eigenvalue weighted by Crippen LogP contribution is -2.04. The maximum Gasteiger partial charge on any atom is 0.337 e. The molecular formula is C14H11ClN2O3. The van der Waals surface area contributed by atoms with Gasteiger partial charge in [-0.25, -0.2) is 4.79 Å². The molecule has 0 fully saturated rings. The minimum Gasteiger partial charge on any atom is -0.465 e. The van der Waals surface area contributed by atoms with Crippen LogP contribution in [0.3, 0.4) is 0 Å². The van der Waals surface area contributed by atoms with Crippen LogP contribution in [0.25, 0.3) is 0 Å². The number of rotatable bonds is 4. The van der Waals surface area contributed by atoms with E-state index in [2.05, 4.69) is 10.1 Å². The van der Waals surface area contributed by atoms with Gasteiger partial charge in [-0.15, -0.1) is 0 Å². The van der Waals surface area contributed by atoms with Crippen molar-refractivity contribution in [2.75, 3.05) is 12.4 Å². The zero-order valence-corrected chi connectivity index (χ0v) is 11.4. The Kier molecular flexibility index (Phi) is 4.28. The minimum absolute atomic E-state index is 0.246. The van der Waals surface area contributed by atoms with Crippen molar-refractivity contribution in [3.05, 3.63) is 52.4 Å². The van der Waals surface area contributed by atoms with Crippen molar-refractivity contribution >= 4 is 23.3 Å². The molecule has 2 rings (SSSR count). The zero-order valence-electron chi connectivity index (χ0n) is 10.6. The first-order valence-corrected chi connectivity index (χ1v) is 6.12. The smallest absolute Gasteiger partial charge is 0.337 e. The fraction of sp³-hybridized carbons (Fsp3) is 0.143. The minimum atomic E-state index is -0.436. The van der Waals surface area contributed by atoms with Crippen molar-refractivity contribution < 1.29 is 13.9 Å². The van der Waals surface area contributed by atoms with Crippen molar-refractivity contribution in [2.24, 2.45) is 0 Å². The quantitative estimate of drug-likeness (QED) is 0.875. The van der Waals surface area contributed by atoms with E-state index in [0.717, 1.165) is 0 Å². The highest BCUT2D eigenvalue weighted by atomic mass is 35.5. The highest BCUT2D eigenvalue weighted by Gasteiger charge is 2.09. The summed E-state index contributed by atoms with van der Waals surface area (Å²) in [6.45, 7) is 0.353. The largest absolute Gasteiger partial charge is 0.465 e. The Balaban J connectivity index is 2.12. The summed E-state index contributed by atoms with van der Waals surface area (Å²) in [5.41, 5.74) is 0.987. The SMILES string of the molecule is COC(=O)c1ccc(Cl)c(NCc2ccc(C#N)o2)c1. The molecule has 20 heavy (non-hydrogen) atoms. The van der Waals surface area contributed by atoms with Gasteiger partial charge in [0.15, 0.2) is 0 Å². The van der Waals surface area contributed by atoms with E-state index in [1.165, 1.54) is 7.11 Å². The predicted molar refractivity (Wildman–Crippen MR) is 73.5 cm³/mol. The summed E-state index contributed by atoms with van der Waals surface area (Å²) in [7, 11) is 1.32. The summed E-state index contributed by atoms with van der Waals surface area (Å²) in [5, 5.41) is 12.2. The van der Waals surface area contributed by atoms with Gasteiger partial charge in [-0.05, 0) is 30.3 Å². The molecular weight excluding hydrogens is 280 g/mol. The highest BCUT2D eigenvalue weighted by Crippen LogP contribution is 2.24. The van der Waals surface area contributed by atoms with Gasteiger partial charge in [-0.3, -0.25) is 0 Å². The average Bonchev–Trinajstić information content (AvgIpc) is 2.93. The van der Waals surface area contributed by atoms with Crippen LogP contribution < -0.4 is 5.32 Å². The molecule has 0 atom stereocenters. The Morgan fingerprint density at radius 2 is 2.25 bits per heavy atom. The summed E-state index contributed by atoms with van der Waals surface area (Å²) in [5.74, 6) is 0.409. The van der Waals surface area contributed by atoms with Gasteiger partial charge in [0.05, 0.1) is 29.9 Å². The van der Waals surface area contributed by atoms with Crippen LogP contribution in [-0.2, 0) is 11.3 Å². The topological polar surface area (TPSA) is 75.3 Å². The van der Waals surface area contributed by atoms with Gasteiger partial charge < -0.3 is 14.5 Å². The van der Waals surface area contributed by atoms with Crippen LogP contribution in [0.5, 0.6) is 0 Å². The van der Waals surface area contributed by atoms with Crippen molar-refractivity contribution in [3.8, 4) is 6.07 Å². The molecule has 0 radical (unpaired) electrons. The molecule has 0 amide bonds. The number of carbonyl (C=O) groups excluding carboxylic acids is 1. The standard InChI is InChI=1S/C14H11ClN2O3/c1-19-14(18)9-2-5-12(15)13(6-9)17-8-11-4-3-10(7-16)20-11/h2-6,17H,8H2,1H3. The molecule has 1 aromatic heterocycles. The fourth-order valence-corrected chi connectivity index (χ4v) is 1.81. The number of benzene rings is 1. The first-order chi connectivity index (χ1) is 9.63. The van der Waals surface area contributed by atoms with Crippen LogP contribution in [0.1, 0.15) is 21.9 Å². The molecule has 2 aromatic rings. The first kappa shape index (κ1) is 14.0. The van der Waals surface area contributed by atoms with E-state index in [4.69, 9.17) is 21.3 Å². The third-order valence-electron chi connectivity index (χ3n) is 2.61. The molecule has 0 spiro atoms. The van der Waals surface area contributed by atoms with Gasteiger partial charge >= 0.3 is 5.97 Å². The van der Waals surface area contributed by atoms with Gasteiger partial charge in [0.1, 0.15) is 11.8 Å². The Hall–Kier alpha value is -2.45. The summed E-state index contributed by atoms with van der Waals surface area (Å²) in [6, 6.07) is 9.98. The Morgan fingerprint density at radius 1 is 1.45 bits per heavy atom. The molecule has 0 saturated heterocycles. The monoisotopic (exact) mass is 290 g/mol. The highest BCUT2D eigenvalue weighted by molar-refractivity contribution is 6.33. The first-order valence-electron chi connectivity index (χ1n) is 5.74. The lowest BCUT2D eigenvalue weighted by atomic mass is 10.2. The molecule has 0 bridgehead atoms. The average molecular weight is 291 g/mol. The third-order valence-corrected chi connectivity index (χ3v) is 2.94. The maximum absolute atomic E-state index is 11.4. The molecule has 1 N–H and O–H groups in total. The van der Waals surface area contributed by atoms with E-state index in [1.54, 1.807) is 30.3 Å². The maximum atomic E-state index is 11.4. The van der Waals surface area contributed by atoms with Crippen LogP contribution in [0, 0.1) is 11.3 Å². The number of carbonyl (C=O) groups is 1. The third kappa shape index (κ3) is 3.11. The normalized spacial score (nSPS) is 9.85. The second kappa shape index (κ2) is 6.13. The van der Waals surface area contributed by atoms with Crippen LogP contribution in [0.4, 0.5) is 5.69 Å². The van der Waals surface area contributed by atoms with E-state index in [-0.39, 0.29) is 5.76 Å². The summed E-state index contributed by atoms with van der Waals surface area (Å²) >= 11 is 6.05. The van der Waals surface area contributed by atoms with Crippen molar-refractivity contribution in [1.29, 1.82) is 5.26 Å². The molecule has 0 aliphatic carbocycles. The molecule has 102 valence electrons. The van der Waals surface area contributed by atoms with Gasteiger partial charge in [0.25, 0.3) is 0 Å². The molecule has 1 aromatic carbocycles. The number of nitrogens with zero attached hydrogens (tertiary/aromatic N) is 1. The number of furan rings is 1. The number of ether oxygens (including phenoxy) is 1. The molecule has 6 heteroatoms. The van der Waals surface area contributed by atoms with Crippen LogP contribution in [0.2, 0.25) is 5.02 Å². The summed E-state index contributed by atoms with van der Waals surface area (Å²) in [6.07, 6.45) is 0. The second-order valence-electron chi connectivity index (χ2n) is 3.92. The molecule has 0 unspecified atom stereocenters. The van der Waals surface area contributed by atoms with Crippen LogP contribution >= 0.6 is 11.6 Å². The van der Waals surface area contributed by atoms with E-state index in [9.17, 15) is 4.79 Å². The Labute approximate surface area is 120 Å². The number of hydrogen-bond donors (Lipinski definition) is 1. The van der Waals surface area contributed by atoms with Gasteiger partial charge in [0.2, 0.25) is 5.76 Å². The number of hydrogen-bond acceptors (Lipinski definition) is 5. The Morgan fingerprint density at radius 3 is 2.90 bits per heavy atom. The zero-order chi connectivity index (χ0) is 14.5. The molecule has 1 heterocycles. The number of esters is 1. The van der Waals surface area contributed by atoms with Crippen LogP contribution in [-0.4, -0.2) is 13.1 Å². The van der Waals surface area contributed by atoms with Crippen molar-refractivity contribution in [3.63, 3.8) is 0 Å². The van der Waals surface area contributed by atoms with Gasteiger partial charge in [-0.1, -0.05) is 11.6 Å². The molecule has 5 nitrogen and oxygen atoms in total. The summed E-state index contributed by atoms with van der Waals surface area (Å²) in [4.78, 5) is 11.4. The van der Waals surface area contributed by atoms with Gasteiger partial charge in [-0.2, -0.15) is 5.26 Å². The predicted octanol–water partition coefficient (Wildman–Crippen LogP) is 3.20. The van der Waals surface area contributed by atoms with Crippen molar-refractivity contribution in [2.45, 2.75) is 6.54 Å². The van der Waals surface area contributed by atoms with Gasteiger partial charge in [0, 0.05) is 0 Å². The number of methoxy groups -OCH3 is 1. The number of anilines is 1. The number of nitrogens with one attached hydrogen (secondary N) is 1. The van der Waals surface area contributed by atoms with Crippen molar-refractivity contribution in [1.82, 2.24) is 0 Å². The molecule has 0 aliphatic heterocycles. The number of halogens is 1. The van der Waals surface area contributed by atoms with E-state index >= 15 is 0 Å². The Bertz CT molecular complexity index is 673. The lowest BCUT2D eigenvalue weighted by Gasteiger charge is -2.08. The summed E-state index contributed by atoms with van der Waals surface area (Å²) < 4.78 is 9.88.